The van der Waals surface area contributed by atoms with Crippen molar-refractivity contribution in [3.05, 3.63) is 0 Å². The lowest BCUT2D eigenvalue weighted by atomic mass is 9.79. The Balaban J connectivity index is 1.91. The first-order chi connectivity index (χ1) is 10.1. The number of hydrogen-bond donors (Lipinski definition) is 1. The Hall–Kier alpha value is -0.160. The van der Waals surface area contributed by atoms with Crippen LogP contribution in [-0.4, -0.2) is 63.0 Å². The quantitative estimate of drug-likeness (QED) is 0.745. The van der Waals surface area contributed by atoms with Gasteiger partial charge in [-0.1, -0.05) is 20.8 Å². The third-order valence-corrected chi connectivity index (χ3v) is 4.93. The van der Waals surface area contributed by atoms with E-state index in [0.29, 0.717) is 17.6 Å². The monoisotopic (exact) mass is 298 g/mol. The maximum absolute atomic E-state index is 5.82. The Morgan fingerprint density at radius 2 is 2.00 bits per heavy atom. The summed E-state index contributed by atoms with van der Waals surface area (Å²) < 4.78 is 11.4. The molecule has 1 atom stereocenters. The highest BCUT2D eigenvalue weighted by molar-refractivity contribution is 4.88. The maximum Gasteiger partial charge on any atom is 0.0702 e. The Bertz CT molecular complexity index is 285. The highest BCUT2D eigenvalue weighted by atomic mass is 16.5. The van der Waals surface area contributed by atoms with Crippen molar-refractivity contribution >= 4 is 0 Å². The number of likely N-dealkylation sites (N-methyl/N-ethyl adjacent to an activating group) is 1. The molecule has 0 radical (unpaired) electrons. The normalized spacial score (nSPS) is 25.9. The van der Waals surface area contributed by atoms with Crippen LogP contribution in [0.15, 0.2) is 0 Å². The number of nitrogens with zero attached hydrogens (tertiary/aromatic N) is 1. The number of ether oxygens (including phenoxy) is 2. The first kappa shape index (κ1) is 17.2. The van der Waals surface area contributed by atoms with Gasteiger partial charge in [0.05, 0.1) is 6.10 Å². The van der Waals surface area contributed by atoms with E-state index in [0.717, 1.165) is 39.5 Å². The van der Waals surface area contributed by atoms with Crippen LogP contribution in [0, 0.1) is 5.41 Å². The zero-order valence-corrected chi connectivity index (χ0v) is 14.2. The second-order valence-electron chi connectivity index (χ2n) is 7.11. The molecule has 2 saturated heterocycles. The van der Waals surface area contributed by atoms with Gasteiger partial charge in [-0.2, -0.15) is 0 Å². The molecule has 21 heavy (non-hydrogen) atoms. The minimum atomic E-state index is 0.372. The van der Waals surface area contributed by atoms with E-state index < -0.39 is 0 Å². The fourth-order valence-electron chi connectivity index (χ4n) is 3.47. The van der Waals surface area contributed by atoms with Gasteiger partial charge >= 0.3 is 0 Å². The maximum atomic E-state index is 5.82. The highest BCUT2D eigenvalue weighted by Gasteiger charge is 2.34. The van der Waals surface area contributed by atoms with Gasteiger partial charge in [-0.3, -0.25) is 0 Å². The summed E-state index contributed by atoms with van der Waals surface area (Å²) in [4.78, 5) is 2.60. The second-order valence-corrected chi connectivity index (χ2v) is 7.11. The molecular weight excluding hydrogens is 264 g/mol. The largest absolute Gasteiger partial charge is 0.381 e. The van der Waals surface area contributed by atoms with Gasteiger partial charge in [0.2, 0.25) is 0 Å². The number of rotatable bonds is 8. The van der Waals surface area contributed by atoms with Crippen LogP contribution in [0.4, 0.5) is 0 Å². The van der Waals surface area contributed by atoms with Gasteiger partial charge in [-0.25, -0.2) is 0 Å². The zero-order chi connectivity index (χ0) is 15.1. The van der Waals surface area contributed by atoms with Crippen LogP contribution in [0.25, 0.3) is 0 Å². The molecule has 2 fully saturated rings. The smallest absolute Gasteiger partial charge is 0.0702 e. The van der Waals surface area contributed by atoms with Crippen LogP contribution in [0.2, 0.25) is 0 Å². The fourth-order valence-corrected chi connectivity index (χ4v) is 3.47. The van der Waals surface area contributed by atoms with Crippen LogP contribution in [-0.2, 0) is 9.47 Å². The molecule has 2 aliphatic rings. The van der Waals surface area contributed by atoms with Gasteiger partial charge in [-0.15, -0.1) is 0 Å². The van der Waals surface area contributed by atoms with Gasteiger partial charge in [0.25, 0.3) is 0 Å². The van der Waals surface area contributed by atoms with Crippen molar-refractivity contribution in [2.45, 2.75) is 58.6 Å². The molecule has 1 N–H and O–H groups in total. The molecule has 2 aliphatic heterocycles. The van der Waals surface area contributed by atoms with Crippen molar-refractivity contribution in [3.63, 3.8) is 0 Å². The molecule has 0 aromatic heterocycles. The van der Waals surface area contributed by atoms with Crippen molar-refractivity contribution in [2.75, 3.05) is 46.0 Å². The van der Waals surface area contributed by atoms with E-state index in [4.69, 9.17) is 9.47 Å². The Morgan fingerprint density at radius 1 is 1.24 bits per heavy atom. The average Bonchev–Trinajstić information content (AvgIpc) is 2.98. The molecule has 0 aromatic carbocycles. The van der Waals surface area contributed by atoms with Gasteiger partial charge in [-0.05, 0) is 37.6 Å². The molecule has 124 valence electrons. The van der Waals surface area contributed by atoms with Crippen LogP contribution >= 0.6 is 0 Å². The topological polar surface area (TPSA) is 33.7 Å². The van der Waals surface area contributed by atoms with Crippen LogP contribution in [0.5, 0.6) is 0 Å². The van der Waals surface area contributed by atoms with Gasteiger partial charge in [0.15, 0.2) is 0 Å². The van der Waals surface area contributed by atoms with Crippen molar-refractivity contribution < 1.29 is 9.47 Å². The van der Waals surface area contributed by atoms with Crippen molar-refractivity contribution in [2.24, 2.45) is 5.41 Å². The summed E-state index contributed by atoms with van der Waals surface area (Å²) in [6.07, 6.45) is 5.27. The lowest BCUT2D eigenvalue weighted by molar-refractivity contribution is -0.0136. The van der Waals surface area contributed by atoms with E-state index in [1.165, 1.54) is 32.2 Å². The molecule has 2 rings (SSSR count). The molecule has 0 bridgehead atoms. The minimum absolute atomic E-state index is 0.372. The van der Waals surface area contributed by atoms with Crippen LogP contribution < -0.4 is 5.32 Å². The van der Waals surface area contributed by atoms with E-state index in [1.54, 1.807) is 0 Å². The third kappa shape index (κ3) is 5.51. The van der Waals surface area contributed by atoms with E-state index >= 15 is 0 Å². The standard InChI is InChI=1S/C17H34N2O2/c1-4-19(12-16-6-5-9-21-16)14-17(13-18-15(2)3)7-10-20-11-8-17/h15-16,18H,4-14H2,1-3H3. The Labute approximate surface area is 130 Å². The summed E-state index contributed by atoms with van der Waals surface area (Å²) >= 11 is 0. The van der Waals surface area contributed by atoms with Crippen molar-refractivity contribution in [1.82, 2.24) is 10.2 Å². The average molecular weight is 298 g/mol. The highest BCUT2D eigenvalue weighted by Crippen LogP contribution is 2.31. The summed E-state index contributed by atoms with van der Waals surface area (Å²) in [6, 6.07) is 0.554. The Morgan fingerprint density at radius 3 is 2.57 bits per heavy atom. The van der Waals surface area contributed by atoms with E-state index in [-0.39, 0.29) is 0 Å². The summed E-state index contributed by atoms with van der Waals surface area (Å²) in [7, 11) is 0. The predicted octanol–water partition coefficient (Wildman–Crippen LogP) is 2.28. The number of hydrogen-bond acceptors (Lipinski definition) is 4. The van der Waals surface area contributed by atoms with Crippen molar-refractivity contribution in [1.29, 1.82) is 0 Å². The lowest BCUT2D eigenvalue weighted by Crippen LogP contribution is -2.49. The van der Waals surface area contributed by atoms with Gasteiger partial charge in [0, 0.05) is 45.5 Å². The SMILES string of the molecule is CCN(CC1CCCO1)CC1(CNC(C)C)CCOCC1. The molecule has 2 heterocycles. The zero-order valence-electron chi connectivity index (χ0n) is 14.2. The summed E-state index contributed by atoms with van der Waals surface area (Å²) in [5.74, 6) is 0. The number of nitrogens with one attached hydrogen (secondary N) is 1. The van der Waals surface area contributed by atoms with E-state index in [1.807, 2.05) is 0 Å². The second kappa shape index (κ2) is 8.47. The summed E-state index contributed by atoms with van der Waals surface area (Å²) in [6.45, 7) is 14.0. The molecule has 0 spiro atoms. The summed E-state index contributed by atoms with van der Waals surface area (Å²) in [5.41, 5.74) is 0.372. The Kier molecular flexibility index (Phi) is 6.93. The predicted molar refractivity (Wildman–Crippen MR) is 86.7 cm³/mol. The van der Waals surface area contributed by atoms with Gasteiger partial charge in [0.1, 0.15) is 0 Å². The molecule has 4 heteroatoms. The van der Waals surface area contributed by atoms with Crippen molar-refractivity contribution in [3.8, 4) is 0 Å². The molecule has 0 aromatic rings. The fraction of sp³-hybridized carbons (Fsp3) is 1.00. The first-order valence-electron chi connectivity index (χ1n) is 8.79. The molecule has 4 nitrogen and oxygen atoms in total. The molecular formula is C17H34N2O2. The molecule has 0 aliphatic carbocycles. The molecule has 0 saturated carbocycles. The summed E-state index contributed by atoms with van der Waals surface area (Å²) in [5, 5.41) is 3.67. The van der Waals surface area contributed by atoms with Gasteiger partial charge < -0.3 is 19.7 Å². The van der Waals surface area contributed by atoms with E-state index in [2.05, 4.69) is 31.0 Å². The third-order valence-electron chi connectivity index (χ3n) is 4.93. The lowest BCUT2D eigenvalue weighted by Gasteiger charge is -2.42. The molecule has 0 amide bonds. The minimum Gasteiger partial charge on any atom is -0.381 e. The van der Waals surface area contributed by atoms with Crippen LogP contribution in [0.1, 0.15) is 46.5 Å². The first-order valence-corrected chi connectivity index (χ1v) is 8.79. The molecule has 1 unspecified atom stereocenters. The van der Waals surface area contributed by atoms with E-state index in [9.17, 15) is 0 Å². The van der Waals surface area contributed by atoms with Crippen LogP contribution in [0.3, 0.4) is 0 Å².